The van der Waals surface area contributed by atoms with Crippen molar-refractivity contribution in [3.05, 3.63) is 41.4 Å². The second kappa shape index (κ2) is 7.03. The average molecular weight is 382 g/mol. The number of fused-ring (bicyclic) bond motifs is 1. The fourth-order valence-electron chi connectivity index (χ4n) is 3.94. The van der Waals surface area contributed by atoms with Crippen molar-refractivity contribution >= 4 is 27.5 Å². The molecule has 1 amide bonds. The Hall–Kier alpha value is -2.28. The number of hydrogen-bond acceptors (Lipinski definition) is 5. The number of amides is 1. The highest BCUT2D eigenvalue weighted by atomic mass is 32.1. The number of thiazole rings is 1. The van der Waals surface area contributed by atoms with Crippen molar-refractivity contribution in [1.82, 2.24) is 24.6 Å². The van der Waals surface area contributed by atoms with Crippen molar-refractivity contribution in [2.75, 3.05) is 13.1 Å². The number of carbonyl (C=O) groups excluding carboxylic acids is 1. The Labute approximate surface area is 162 Å². The number of hydrogen-bond donors (Lipinski definition) is 0. The molecule has 3 aromatic rings. The van der Waals surface area contributed by atoms with Crippen LogP contribution in [0.25, 0.3) is 10.2 Å². The van der Waals surface area contributed by atoms with Gasteiger partial charge in [0.1, 0.15) is 12.2 Å². The molecule has 0 bridgehead atoms. The van der Waals surface area contributed by atoms with Gasteiger partial charge in [0.05, 0.1) is 21.3 Å². The first-order valence-corrected chi connectivity index (χ1v) is 10.6. The summed E-state index contributed by atoms with van der Waals surface area (Å²) in [4.78, 5) is 19.3. The van der Waals surface area contributed by atoms with Gasteiger partial charge in [-0.2, -0.15) is 0 Å². The number of benzene rings is 1. The zero-order valence-electron chi connectivity index (χ0n) is 15.3. The van der Waals surface area contributed by atoms with E-state index in [2.05, 4.69) is 25.8 Å². The van der Waals surface area contributed by atoms with E-state index in [-0.39, 0.29) is 5.91 Å². The molecule has 2 aromatic heterocycles. The molecule has 7 heteroatoms. The lowest BCUT2D eigenvalue weighted by Gasteiger charge is -2.17. The minimum absolute atomic E-state index is 0.264. The molecular weight excluding hydrogens is 358 g/mol. The van der Waals surface area contributed by atoms with Crippen LogP contribution < -0.4 is 0 Å². The van der Waals surface area contributed by atoms with Crippen molar-refractivity contribution in [3.8, 4) is 0 Å². The number of aromatic nitrogens is 4. The second-order valence-corrected chi connectivity index (χ2v) is 8.70. The second-order valence-electron chi connectivity index (χ2n) is 7.58. The molecule has 140 valence electrons. The summed E-state index contributed by atoms with van der Waals surface area (Å²) in [6.45, 7) is 1.63. The molecule has 1 aromatic carbocycles. The lowest BCUT2D eigenvalue weighted by Crippen LogP contribution is -2.29. The Balaban J connectivity index is 1.14. The third kappa shape index (κ3) is 3.48. The number of nitrogens with zero attached hydrogens (tertiary/aromatic N) is 5. The largest absolute Gasteiger partial charge is 0.341 e. The summed E-state index contributed by atoms with van der Waals surface area (Å²) in [6.07, 6.45) is 7.63. The van der Waals surface area contributed by atoms with Gasteiger partial charge in [-0.3, -0.25) is 4.79 Å². The summed E-state index contributed by atoms with van der Waals surface area (Å²) >= 11 is 1.74. The topological polar surface area (TPSA) is 63.9 Å². The lowest BCUT2D eigenvalue weighted by atomic mass is 10.2. The molecule has 1 atom stereocenters. The number of rotatable bonds is 6. The van der Waals surface area contributed by atoms with E-state index in [4.69, 9.17) is 0 Å². The summed E-state index contributed by atoms with van der Waals surface area (Å²) in [5.74, 6) is 1.97. The molecule has 0 radical (unpaired) electrons. The van der Waals surface area contributed by atoms with E-state index in [1.54, 1.807) is 11.3 Å². The van der Waals surface area contributed by atoms with Gasteiger partial charge in [0.2, 0.25) is 5.91 Å². The van der Waals surface area contributed by atoms with Gasteiger partial charge in [0.15, 0.2) is 0 Å². The molecule has 5 rings (SSSR count). The molecule has 1 unspecified atom stereocenters. The summed E-state index contributed by atoms with van der Waals surface area (Å²) in [5, 5.41) is 9.53. The summed E-state index contributed by atoms with van der Waals surface area (Å²) in [5.41, 5.74) is 1.06. The van der Waals surface area contributed by atoms with Crippen LogP contribution in [-0.4, -0.2) is 43.6 Å². The number of aryl methyl sites for hydroxylation is 1. The Bertz CT molecular complexity index is 927. The van der Waals surface area contributed by atoms with Crippen LogP contribution in [0.3, 0.4) is 0 Å². The van der Waals surface area contributed by atoms with Crippen LogP contribution in [0.5, 0.6) is 0 Å². The smallest absolute Gasteiger partial charge is 0.222 e. The number of para-hydroxylation sites is 1. The number of carbonyl (C=O) groups is 1. The SMILES string of the molecule is O=C(CCCc1nc2ccccc2s1)N1CCC(n2cnnc2C2CC2)C1. The minimum atomic E-state index is 0.264. The van der Waals surface area contributed by atoms with Gasteiger partial charge in [-0.25, -0.2) is 4.98 Å². The Morgan fingerprint density at radius 1 is 1.22 bits per heavy atom. The van der Waals surface area contributed by atoms with Crippen LogP contribution in [0, 0.1) is 0 Å². The summed E-state index contributed by atoms with van der Waals surface area (Å²) < 4.78 is 3.44. The molecule has 27 heavy (non-hydrogen) atoms. The van der Waals surface area contributed by atoms with Gasteiger partial charge >= 0.3 is 0 Å². The lowest BCUT2D eigenvalue weighted by molar-refractivity contribution is -0.130. The van der Waals surface area contributed by atoms with Gasteiger partial charge in [0.25, 0.3) is 0 Å². The average Bonchev–Trinajstić information content (AvgIpc) is 3.11. The molecule has 1 saturated carbocycles. The predicted molar refractivity (Wildman–Crippen MR) is 105 cm³/mol. The Kier molecular flexibility index (Phi) is 4.39. The van der Waals surface area contributed by atoms with Crippen LogP contribution in [0.15, 0.2) is 30.6 Å². The third-order valence-electron chi connectivity index (χ3n) is 5.57. The molecule has 6 nitrogen and oxygen atoms in total. The quantitative estimate of drug-likeness (QED) is 0.655. The third-order valence-corrected chi connectivity index (χ3v) is 6.67. The van der Waals surface area contributed by atoms with Crippen molar-refractivity contribution < 1.29 is 4.79 Å². The fourth-order valence-corrected chi connectivity index (χ4v) is 4.95. The predicted octanol–water partition coefficient (Wildman–Crippen LogP) is 3.56. The standard InChI is InChI=1S/C20H23N5OS/c26-19(7-3-6-18-22-16-4-1-2-5-17(16)27-18)24-11-10-15(12-24)25-13-21-23-20(25)14-8-9-14/h1-2,4-5,13-15H,3,6-12H2. The summed E-state index contributed by atoms with van der Waals surface area (Å²) in [7, 11) is 0. The van der Waals surface area contributed by atoms with Crippen LogP contribution in [0.1, 0.15) is 54.9 Å². The van der Waals surface area contributed by atoms with Gasteiger partial charge in [0, 0.05) is 25.4 Å². The zero-order valence-corrected chi connectivity index (χ0v) is 16.1. The Morgan fingerprint density at radius 3 is 2.96 bits per heavy atom. The van der Waals surface area contributed by atoms with Crippen LogP contribution >= 0.6 is 11.3 Å². The molecule has 1 aliphatic carbocycles. The van der Waals surface area contributed by atoms with Crippen LogP contribution in [0.4, 0.5) is 0 Å². The maximum absolute atomic E-state index is 12.6. The maximum Gasteiger partial charge on any atom is 0.222 e. The first kappa shape index (κ1) is 16.9. The van der Waals surface area contributed by atoms with E-state index < -0.39 is 0 Å². The maximum atomic E-state index is 12.6. The van der Waals surface area contributed by atoms with Crippen LogP contribution in [0.2, 0.25) is 0 Å². The Morgan fingerprint density at radius 2 is 2.11 bits per heavy atom. The van der Waals surface area contributed by atoms with Gasteiger partial charge in [-0.05, 0) is 44.2 Å². The molecule has 2 aliphatic rings. The highest BCUT2D eigenvalue weighted by molar-refractivity contribution is 7.18. The molecular formula is C20H23N5OS. The van der Waals surface area contributed by atoms with Crippen molar-refractivity contribution in [2.45, 2.75) is 50.5 Å². The van der Waals surface area contributed by atoms with Crippen molar-refractivity contribution in [1.29, 1.82) is 0 Å². The van der Waals surface area contributed by atoms with Gasteiger partial charge in [-0.1, -0.05) is 12.1 Å². The molecule has 1 saturated heterocycles. The van der Waals surface area contributed by atoms with E-state index in [0.717, 1.165) is 48.7 Å². The van der Waals surface area contributed by atoms with Gasteiger partial charge in [-0.15, -0.1) is 21.5 Å². The molecule has 3 heterocycles. The van der Waals surface area contributed by atoms with E-state index in [0.29, 0.717) is 18.4 Å². The summed E-state index contributed by atoms with van der Waals surface area (Å²) in [6, 6.07) is 8.55. The van der Waals surface area contributed by atoms with E-state index >= 15 is 0 Å². The van der Waals surface area contributed by atoms with Crippen molar-refractivity contribution in [3.63, 3.8) is 0 Å². The molecule has 2 fully saturated rings. The van der Waals surface area contributed by atoms with Crippen molar-refractivity contribution in [2.24, 2.45) is 0 Å². The zero-order chi connectivity index (χ0) is 18.2. The molecule has 0 N–H and O–H groups in total. The normalized spacial score (nSPS) is 19.9. The highest BCUT2D eigenvalue weighted by Crippen LogP contribution is 2.40. The fraction of sp³-hybridized carbons (Fsp3) is 0.500. The monoisotopic (exact) mass is 381 g/mol. The van der Waals surface area contributed by atoms with Gasteiger partial charge < -0.3 is 9.47 Å². The minimum Gasteiger partial charge on any atom is -0.341 e. The first-order valence-electron chi connectivity index (χ1n) is 9.79. The number of likely N-dealkylation sites (tertiary alicyclic amines) is 1. The van der Waals surface area contributed by atoms with Crippen LogP contribution in [-0.2, 0) is 11.2 Å². The molecule has 0 spiro atoms. The van der Waals surface area contributed by atoms with E-state index in [1.165, 1.54) is 17.5 Å². The van der Waals surface area contributed by atoms with E-state index in [9.17, 15) is 4.79 Å². The molecule has 1 aliphatic heterocycles. The van der Waals surface area contributed by atoms with E-state index in [1.807, 2.05) is 29.4 Å². The highest BCUT2D eigenvalue weighted by Gasteiger charge is 2.33. The first-order chi connectivity index (χ1) is 13.3.